The van der Waals surface area contributed by atoms with E-state index in [9.17, 15) is 27.9 Å². The predicted molar refractivity (Wildman–Crippen MR) is 64.4 cm³/mol. The first-order chi connectivity index (χ1) is 8.89. The van der Waals surface area contributed by atoms with Gasteiger partial charge in [0.15, 0.2) is 5.60 Å². The lowest BCUT2D eigenvalue weighted by Crippen LogP contribution is -2.57. The molecular weight excluding hydrogens is 277 g/mol. The molecule has 0 aromatic carbocycles. The molecule has 0 bridgehead atoms. The van der Waals surface area contributed by atoms with E-state index < -0.39 is 35.4 Å². The third-order valence-electron chi connectivity index (χ3n) is 3.64. The molecule has 0 radical (unpaired) electrons. The number of primary amides is 1. The molecule has 0 aliphatic carbocycles. The minimum absolute atomic E-state index is 0.106. The van der Waals surface area contributed by atoms with Crippen LogP contribution in [-0.4, -0.2) is 46.7 Å². The number of aliphatic hydroxyl groups is 1. The molecule has 1 aliphatic rings. The Bertz CT molecular complexity index is 409. The van der Waals surface area contributed by atoms with Crippen molar-refractivity contribution in [2.24, 2.45) is 11.1 Å². The number of nitrogens with zero attached hydrogens (tertiary/aromatic N) is 1. The van der Waals surface area contributed by atoms with E-state index in [0.29, 0.717) is 6.42 Å². The Labute approximate surface area is 114 Å². The fourth-order valence-electron chi connectivity index (χ4n) is 2.04. The van der Waals surface area contributed by atoms with E-state index in [2.05, 4.69) is 0 Å². The van der Waals surface area contributed by atoms with E-state index in [1.165, 1.54) is 0 Å². The van der Waals surface area contributed by atoms with E-state index in [1.54, 1.807) is 0 Å². The second-order valence-electron chi connectivity index (χ2n) is 5.87. The zero-order valence-electron chi connectivity index (χ0n) is 11.5. The number of halogens is 3. The molecule has 1 atom stereocenters. The van der Waals surface area contributed by atoms with Crippen LogP contribution < -0.4 is 5.73 Å². The van der Waals surface area contributed by atoms with Gasteiger partial charge in [-0.2, -0.15) is 13.2 Å². The van der Waals surface area contributed by atoms with Gasteiger partial charge < -0.3 is 15.7 Å². The maximum Gasteiger partial charge on any atom is 0.394 e. The van der Waals surface area contributed by atoms with E-state index in [-0.39, 0.29) is 19.5 Å². The van der Waals surface area contributed by atoms with Gasteiger partial charge in [0.25, 0.3) is 5.91 Å². The van der Waals surface area contributed by atoms with Crippen molar-refractivity contribution in [1.29, 1.82) is 0 Å². The monoisotopic (exact) mass is 296 g/mol. The molecule has 2 amide bonds. The quantitative estimate of drug-likeness (QED) is 0.808. The number of amides is 2. The summed E-state index contributed by atoms with van der Waals surface area (Å²) in [5.41, 5.74) is 1.04. The minimum Gasteiger partial charge on any atom is -0.378 e. The lowest BCUT2D eigenvalue weighted by molar-refractivity contribution is -0.215. The van der Waals surface area contributed by atoms with Crippen molar-refractivity contribution in [3.8, 4) is 0 Å². The molecule has 116 valence electrons. The van der Waals surface area contributed by atoms with Crippen molar-refractivity contribution >= 4 is 11.8 Å². The Kier molecular flexibility index (Phi) is 4.38. The fraction of sp³-hybridized carbons (Fsp3) is 0.833. The van der Waals surface area contributed by atoms with Crippen LogP contribution in [0.15, 0.2) is 0 Å². The van der Waals surface area contributed by atoms with Crippen LogP contribution in [0, 0.1) is 5.41 Å². The summed E-state index contributed by atoms with van der Waals surface area (Å²) in [6, 6.07) is 0. The Hall–Kier alpha value is -1.31. The fourth-order valence-corrected chi connectivity index (χ4v) is 2.04. The number of hydrogen-bond donors (Lipinski definition) is 2. The Morgan fingerprint density at radius 1 is 1.35 bits per heavy atom. The van der Waals surface area contributed by atoms with Gasteiger partial charge in [-0.15, -0.1) is 0 Å². The van der Waals surface area contributed by atoms with Gasteiger partial charge in [0, 0.05) is 13.0 Å². The molecule has 0 aromatic heterocycles. The van der Waals surface area contributed by atoms with Crippen molar-refractivity contribution in [2.75, 3.05) is 13.1 Å². The van der Waals surface area contributed by atoms with E-state index in [4.69, 9.17) is 5.73 Å². The van der Waals surface area contributed by atoms with Gasteiger partial charge in [-0.25, -0.2) is 0 Å². The molecule has 20 heavy (non-hydrogen) atoms. The molecule has 1 saturated heterocycles. The molecule has 1 rings (SSSR count). The van der Waals surface area contributed by atoms with Gasteiger partial charge >= 0.3 is 6.18 Å². The molecule has 0 spiro atoms. The first-order valence-electron chi connectivity index (χ1n) is 6.26. The van der Waals surface area contributed by atoms with Gasteiger partial charge in [-0.05, 0) is 12.8 Å². The minimum atomic E-state index is -4.50. The highest BCUT2D eigenvalue weighted by Crippen LogP contribution is 2.40. The molecule has 3 N–H and O–H groups in total. The number of hydrogen-bond acceptors (Lipinski definition) is 3. The Morgan fingerprint density at radius 2 is 1.90 bits per heavy atom. The van der Waals surface area contributed by atoms with Gasteiger partial charge in [0.2, 0.25) is 5.91 Å². The number of piperidine rings is 1. The molecule has 8 heteroatoms. The molecule has 1 aliphatic heterocycles. The van der Waals surface area contributed by atoms with Crippen LogP contribution in [0.2, 0.25) is 0 Å². The van der Waals surface area contributed by atoms with Gasteiger partial charge in [-0.1, -0.05) is 13.8 Å². The summed E-state index contributed by atoms with van der Waals surface area (Å²) in [6.45, 7) is 1.74. The first kappa shape index (κ1) is 16.7. The number of carbonyl (C=O) groups is 2. The predicted octanol–water partition coefficient (Wildman–Crippen LogP) is 0.804. The number of β-amino-alcohol motifs (C(OH)–C–C–N with tert-alkyl or cyclic N) is 1. The van der Waals surface area contributed by atoms with Crippen LogP contribution >= 0.6 is 0 Å². The van der Waals surface area contributed by atoms with Crippen molar-refractivity contribution in [3.05, 3.63) is 0 Å². The van der Waals surface area contributed by atoms with Crippen molar-refractivity contribution in [2.45, 2.75) is 44.9 Å². The lowest BCUT2D eigenvalue weighted by Gasteiger charge is -2.38. The van der Waals surface area contributed by atoms with Crippen molar-refractivity contribution in [1.82, 2.24) is 4.90 Å². The zero-order chi connectivity index (χ0) is 15.8. The van der Waals surface area contributed by atoms with Crippen LogP contribution in [0.25, 0.3) is 0 Å². The summed E-state index contributed by atoms with van der Waals surface area (Å²) < 4.78 is 38.2. The normalized spacial score (nSPS) is 24.6. The molecule has 0 saturated carbocycles. The molecular formula is C12H19F3N2O3. The van der Waals surface area contributed by atoms with Crippen LogP contribution in [-0.2, 0) is 9.59 Å². The van der Waals surface area contributed by atoms with E-state index >= 15 is 0 Å². The number of alkyl halides is 3. The topological polar surface area (TPSA) is 83.6 Å². The molecule has 1 heterocycles. The summed E-state index contributed by atoms with van der Waals surface area (Å²) >= 11 is 0. The van der Waals surface area contributed by atoms with E-state index in [0.717, 1.165) is 18.7 Å². The van der Waals surface area contributed by atoms with Crippen LogP contribution in [0.3, 0.4) is 0 Å². The number of likely N-dealkylation sites (tertiary alicyclic amines) is 1. The summed E-state index contributed by atoms with van der Waals surface area (Å²) in [7, 11) is 0. The SMILES string of the molecule is CC(C)(CC(=O)N1CCCC(O)(C(N)=O)C1)C(F)(F)F. The van der Waals surface area contributed by atoms with Crippen LogP contribution in [0.5, 0.6) is 0 Å². The summed E-state index contributed by atoms with van der Waals surface area (Å²) in [5.74, 6) is -1.71. The van der Waals surface area contributed by atoms with Gasteiger partial charge in [0.05, 0.1) is 12.0 Å². The van der Waals surface area contributed by atoms with E-state index in [1.807, 2.05) is 0 Å². The molecule has 1 unspecified atom stereocenters. The number of carbonyl (C=O) groups excluding carboxylic acids is 2. The standard InChI is InChI=1S/C12H19F3N2O3/c1-10(2,12(13,14)15)6-8(18)17-5-3-4-11(20,7-17)9(16)19/h20H,3-7H2,1-2H3,(H2,16,19). The number of nitrogens with two attached hydrogens (primary N) is 1. The molecule has 5 nitrogen and oxygen atoms in total. The summed E-state index contributed by atoms with van der Waals surface area (Å²) in [4.78, 5) is 24.1. The van der Waals surface area contributed by atoms with Crippen molar-refractivity contribution < 1.29 is 27.9 Å². The average Bonchev–Trinajstić information content (AvgIpc) is 2.26. The van der Waals surface area contributed by atoms with Crippen molar-refractivity contribution in [3.63, 3.8) is 0 Å². The zero-order valence-corrected chi connectivity index (χ0v) is 11.5. The third kappa shape index (κ3) is 3.41. The maximum absolute atomic E-state index is 12.7. The van der Waals surface area contributed by atoms with Gasteiger partial charge in [0.1, 0.15) is 0 Å². The summed E-state index contributed by atoms with van der Waals surface area (Å²) in [5, 5.41) is 9.94. The lowest BCUT2D eigenvalue weighted by atomic mass is 9.86. The second-order valence-corrected chi connectivity index (χ2v) is 5.87. The molecule has 0 aromatic rings. The molecule has 1 fully saturated rings. The van der Waals surface area contributed by atoms with Crippen LogP contribution in [0.4, 0.5) is 13.2 Å². The first-order valence-corrected chi connectivity index (χ1v) is 6.26. The van der Waals surface area contributed by atoms with Gasteiger partial charge in [-0.3, -0.25) is 9.59 Å². The highest BCUT2D eigenvalue weighted by atomic mass is 19.4. The maximum atomic E-state index is 12.7. The van der Waals surface area contributed by atoms with Crippen LogP contribution in [0.1, 0.15) is 33.1 Å². The third-order valence-corrected chi connectivity index (χ3v) is 3.64. The Balaban J connectivity index is 2.76. The summed E-state index contributed by atoms with van der Waals surface area (Å²) in [6.07, 6.45) is -4.81. The average molecular weight is 296 g/mol. The largest absolute Gasteiger partial charge is 0.394 e. The highest BCUT2D eigenvalue weighted by molar-refractivity contribution is 5.85. The highest BCUT2D eigenvalue weighted by Gasteiger charge is 2.49. The Morgan fingerprint density at radius 3 is 2.35 bits per heavy atom. The number of rotatable bonds is 3. The second kappa shape index (κ2) is 5.23. The smallest absolute Gasteiger partial charge is 0.378 e.